The average Bonchev–Trinajstić information content (AvgIpc) is 3.05. The second-order valence-electron chi connectivity index (χ2n) is 4.98. The van der Waals surface area contributed by atoms with Gasteiger partial charge in [-0.1, -0.05) is 12.8 Å². The highest BCUT2D eigenvalue weighted by Crippen LogP contribution is 2.31. The number of carbonyl (C=O) groups excluding carboxylic acids is 1. The molecule has 0 unspecified atom stereocenters. The van der Waals surface area contributed by atoms with Crippen LogP contribution in [0.5, 0.6) is 0 Å². The number of hydrogen-bond donors (Lipinski definition) is 2. The molecular weight excluding hydrogens is 296 g/mol. The second kappa shape index (κ2) is 8.54. The molecule has 1 fully saturated rings. The molecule has 0 saturated heterocycles. The highest BCUT2D eigenvalue weighted by atomic mass is 35.5. The van der Waals surface area contributed by atoms with Crippen LogP contribution in [0.3, 0.4) is 0 Å². The number of nitrogens with one attached hydrogen (secondary N) is 1. The van der Waals surface area contributed by atoms with Gasteiger partial charge in [0.15, 0.2) is 0 Å². The summed E-state index contributed by atoms with van der Waals surface area (Å²) in [5.74, 6) is 1.56. The Labute approximate surface area is 130 Å². The predicted molar refractivity (Wildman–Crippen MR) is 86.6 cm³/mol. The summed E-state index contributed by atoms with van der Waals surface area (Å²) < 4.78 is 1.94. The minimum atomic E-state index is -0.445. The van der Waals surface area contributed by atoms with E-state index in [9.17, 15) is 4.79 Å². The van der Waals surface area contributed by atoms with Crippen molar-refractivity contribution in [2.75, 3.05) is 17.3 Å². The van der Waals surface area contributed by atoms with Gasteiger partial charge in [0.1, 0.15) is 5.82 Å². The molecule has 0 bridgehead atoms. The van der Waals surface area contributed by atoms with Gasteiger partial charge in [0, 0.05) is 6.07 Å². The lowest BCUT2D eigenvalue weighted by molar-refractivity contribution is -0.117. The first kappa shape index (κ1) is 17.3. The molecule has 3 N–H and O–H groups in total. The minimum absolute atomic E-state index is 0. The van der Waals surface area contributed by atoms with Crippen LogP contribution in [0.1, 0.15) is 38.1 Å². The number of aromatic nitrogens is 2. The Hall–Kier alpha value is -0.720. The highest BCUT2D eigenvalue weighted by Gasteiger charge is 2.21. The number of nitrogens with two attached hydrogens (primary N) is 1. The molecular formula is C13H23ClN4OS. The van der Waals surface area contributed by atoms with Crippen LogP contribution in [-0.4, -0.2) is 33.7 Å². The fourth-order valence-electron chi connectivity index (χ4n) is 2.45. The van der Waals surface area contributed by atoms with Gasteiger partial charge >= 0.3 is 0 Å². The molecule has 0 radical (unpaired) electrons. The number of carbonyl (C=O) groups is 1. The van der Waals surface area contributed by atoms with Gasteiger partial charge < -0.3 is 11.1 Å². The van der Waals surface area contributed by atoms with Gasteiger partial charge in [-0.15, -0.1) is 12.4 Å². The van der Waals surface area contributed by atoms with Crippen LogP contribution >= 0.6 is 24.2 Å². The molecule has 114 valence electrons. The molecule has 1 amide bonds. The summed E-state index contributed by atoms with van der Waals surface area (Å²) in [5.41, 5.74) is 5.87. The van der Waals surface area contributed by atoms with Gasteiger partial charge in [0.2, 0.25) is 5.91 Å². The van der Waals surface area contributed by atoms with E-state index in [-0.39, 0.29) is 18.3 Å². The van der Waals surface area contributed by atoms with Crippen LogP contribution in [0.25, 0.3) is 0 Å². The normalized spacial score (nSPS) is 16.7. The third-order valence-electron chi connectivity index (χ3n) is 3.56. The van der Waals surface area contributed by atoms with E-state index in [0.717, 1.165) is 24.4 Å². The van der Waals surface area contributed by atoms with Crippen LogP contribution < -0.4 is 11.1 Å². The van der Waals surface area contributed by atoms with E-state index in [1.165, 1.54) is 12.8 Å². The molecule has 0 spiro atoms. The monoisotopic (exact) mass is 318 g/mol. The van der Waals surface area contributed by atoms with Crippen LogP contribution in [0.4, 0.5) is 5.82 Å². The topological polar surface area (TPSA) is 72.9 Å². The number of hydrogen-bond acceptors (Lipinski definition) is 4. The predicted octanol–water partition coefficient (Wildman–Crippen LogP) is 2.44. The molecule has 1 atom stereocenters. The number of rotatable bonds is 6. The number of nitrogens with zero attached hydrogens (tertiary/aromatic N) is 2. The van der Waals surface area contributed by atoms with Crippen molar-refractivity contribution in [3.8, 4) is 0 Å². The van der Waals surface area contributed by atoms with Gasteiger partial charge in [-0.25, -0.2) is 4.68 Å². The standard InChI is InChI=1S/C13H22N4OS.ClH/c1-19-9-7-11(14)13(18)16-12-6-8-15-17(12)10-4-2-3-5-10;/h6,8,10-11H,2-5,7,9,14H2,1H3,(H,16,18);1H/t11-;/m0./s1. The molecule has 1 aromatic heterocycles. The minimum Gasteiger partial charge on any atom is -0.320 e. The molecule has 20 heavy (non-hydrogen) atoms. The maximum atomic E-state index is 12.0. The lowest BCUT2D eigenvalue weighted by atomic mass is 10.2. The number of amides is 1. The van der Waals surface area contributed by atoms with E-state index in [0.29, 0.717) is 12.5 Å². The number of anilines is 1. The maximum Gasteiger partial charge on any atom is 0.242 e. The SMILES string of the molecule is CSCC[C@H](N)C(=O)Nc1ccnn1C1CCCC1.Cl. The van der Waals surface area contributed by atoms with E-state index < -0.39 is 6.04 Å². The molecule has 1 aromatic rings. The Morgan fingerprint density at radius 2 is 2.30 bits per heavy atom. The van der Waals surface area contributed by atoms with Crippen molar-refractivity contribution in [1.29, 1.82) is 0 Å². The Bertz CT molecular complexity index is 420. The summed E-state index contributed by atoms with van der Waals surface area (Å²) in [5, 5.41) is 7.23. The lowest BCUT2D eigenvalue weighted by Gasteiger charge is -2.16. The summed E-state index contributed by atoms with van der Waals surface area (Å²) in [7, 11) is 0. The van der Waals surface area contributed by atoms with Gasteiger partial charge in [-0.05, 0) is 31.3 Å². The zero-order valence-electron chi connectivity index (χ0n) is 11.7. The first-order chi connectivity index (χ1) is 9.22. The van der Waals surface area contributed by atoms with E-state index in [1.54, 1.807) is 18.0 Å². The van der Waals surface area contributed by atoms with Gasteiger partial charge in [-0.2, -0.15) is 16.9 Å². The van der Waals surface area contributed by atoms with Crippen molar-refractivity contribution in [1.82, 2.24) is 9.78 Å². The first-order valence-corrected chi connectivity index (χ1v) is 8.20. The quantitative estimate of drug-likeness (QED) is 0.845. The van der Waals surface area contributed by atoms with E-state index in [4.69, 9.17) is 5.73 Å². The van der Waals surface area contributed by atoms with Crippen LogP contribution in [-0.2, 0) is 4.79 Å². The highest BCUT2D eigenvalue weighted by molar-refractivity contribution is 7.98. The Morgan fingerprint density at radius 1 is 1.60 bits per heavy atom. The Kier molecular flexibility index (Phi) is 7.40. The second-order valence-corrected chi connectivity index (χ2v) is 5.96. The lowest BCUT2D eigenvalue weighted by Crippen LogP contribution is -2.36. The molecule has 1 aliphatic carbocycles. The first-order valence-electron chi connectivity index (χ1n) is 6.81. The van der Waals surface area contributed by atoms with Crippen molar-refractivity contribution >= 4 is 35.9 Å². The number of halogens is 1. The summed E-state index contributed by atoms with van der Waals surface area (Å²) in [6.07, 6.45) is 9.22. The van der Waals surface area contributed by atoms with Gasteiger partial charge in [-0.3, -0.25) is 4.79 Å². The van der Waals surface area contributed by atoms with E-state index in [2.05, 4.69) is 10.4 Å². The third kappa shape index (κ3) is 4.40. The Balaban J connectivity index is 0.00000200. The van der Waals surface area contributed by atoms with Gasteiger partial charge in [0.05, 0.1) is 18.3 Å². The summed E-state index contributed by atoms with van der Waals surface area (Å²) in [6.45, 7) is 0. The van der Waals surface area contributed by atoms with Crippen LogP contribution in [0, 0.1) is 0 Å². The van der Waals surface area contributed by atoms with E-state index >= 15 is 0 Å². The van der Waals surface area contributed by atoms with Crippen LogP contribution in [0.15, 0.2) is 12.3 Å². The van der Waals surface area contributed by atoms with Crippen molar-refractivity contribution in [2.24, 2.45) is 5.73 Å². The van der Waals surface area contributed by atoms with E-state index in [1.807, 2.05) is 17.0 Å². The summed E-state index contributed by atoms with van der Waals surface area (Å²) >= 11 is 1.70. The van der Waals surface area contributed by atoms with Gasteiger partial charge in [0.25, 0.3) is 0 Å². The molecule has 1 saturated carbocycles. The van der Waals surface area contributed by atoms with Crippen LogP contribution in [0.2, 0.25) is 0 Å². The Morgan fingerprint density at radius 3 is 2.95 bits per heavy atom. The van der Waals surface area contributed by atoms with Crippen molar-refractivity contribution in [2.45, 2.75) is 44.2 Å². The fourth-order valence-corrected chi connectivity index (χ4v) is 2.94. The zero-order valence-corrected chi connectivity index (χ0v) is 13.4. The van der Waals surface area contributed by atoms with Crippen molar-refractivity contribution in [3.05, 3.63) is 12.3 Å². The zero-order chi connectivity index (χ0) is 13.7. The summed E-state index contributed by atoms with van der Waals surface area (Å²) in [6, 6.07) is 1.82. The molecule has 0 aromatic carbocycles. The molecule has 2 rings (SSSR count). The van der Waals surface area contributed by atoms with Crippen molar-refractivity contribution < 1.29 is 4.79 Å². The number of thioether (sulfide) groups is 1. The summed E-state index contributed by atoms with van der Waals surface area (Å²) in [4.78, 5) is 12.0. The average molecular weight is 319 g/mol. The fraction of sp³-hybridized carbons (Fsp3) is 0.692. The van der Waals surface area contributed by atoms with Crippen molar-refractivity contribution in [3.63, 3.8) is 0 Å². The third-order valence-corrected chi connectivity index (χ3v) is 4.21. The molecule has 0 aliphatic heterocycles. The smallest absolute Gasteiger partial charge is 0.242 e. The largest absolute Gasteiger partial charge is 0.320 e. The molecule has 1 heterocycles. The maximum absolute atomic E-state index is 12.0. The molecule has 5 nitrogen and oxygen atoms in total. The molecule has 7 heteroatoms. The molecule has 1 aliphatic rings.